The van der Waals surface area contributed by atoms with Crippen molar-refractivity contribution in [1.29, 1.82) is 0 Å². The molecule has 1 aromatic heterocycles. The molecule has 0 radical (unpaired) electrons. The van der Waals surface area contributed by atoms with E-state index in [9.17, 15) is 4.79 Å². The molecule has 1 heterocycles. The van der Waals surface area contributed by atoms with Crippen molar-refractivity contribution in [2.45, 2.75) is 46.8 Å². The van der Waals surface area contributed by atoms with Crippen molar-refractivity contribution in [1.82, 2.24) is 10.5 Å². The average molecular weight is 378 g/mol. The van der Waals surface area contributed by atoms with E-state index in [1.165, 1.54) is 11.1 Å². The maximum absolute atomic E-state index is 12.6. The first-order valence-electron chi connectivity index (χ1n) is 9.44. The van der Waals surface area contributed by atoms with Crippen molar-refractivity contribution >= 4 is 5.91 Å². The maximum Gasteiger partial charge on any atom is 0.251 e. The Morgan fingerprint density at radius 2 is 1.93 bits per heavy atom. The molecule has 1 N–H and O–H groups in total. The number of hydrogen-bond donors (Lipinski definition) is 1. The van der Waals surface area contributed by atoms with Gasteiger partial charge in [0.05, 0.1) is 11.3 Å². The smallest absolute Gasteiger partial charge is 0.251 e. The third-order valence-corrected chi connectivity index (χ3v) is 4.83. The Kier molecular flexibility index (Phi) is 6.14. The van der Waals surface area contributed by atoms with E-state index in [4.69, 9.17) is 9.26 Å². The Balaban J connectivity index is 1.61. The summed E-state index contributed by atoms with van der Waals surface area (Å²) in [7, 11) is 0. The minimum absolute atomic E-state index is 0.0282. The van der Waals surface area contributed by atoms with Crippen LogP contribution in [0.25, 0.3) is 0 Å². The Hall–Kier alpha value is -3.08. The summed E-state index contributed by atoms with van der Waals surface area (Å²) in [4.78, 5) is 12.6. The van der Waals surface area contributed by atoms with E-state index in [-0.39, 0.29) is 11.9 Å². The summed E-state index contributed by atoms with van der Waals surface area (Å²) in [5.74, 6) is 1.28. The molecule has 0 aliphatic rings. The van der Waals surface area contributed by atoms with Gasteiger partial charge < -0.3 is 14.6 Å². The van der Waals surface area contributed by atoms with Crippen LogP contribution in [0.4, 0.5) is 0 Å². The van der Waals surface area contributed by atoms with E-state index >= 15 is 0 Å². The predicted octanol–water partition coefficient (Wildman–Crippen LogP) is 4.54. The molecule has 5 heteroatoms. The van der Waals surface area contributed by atoms with Gasteiger partial charge in [-0.05, 0) is 63.4 Å². The second-order valence-electron chi connectivity index (χ2n) is 7.12. The molecule has 0 spiro atoms. The summed E-state index contributed by atoms with van der Waals surface area (Å²) in [6.45, 7) is 8.20. The summed E-state index contributed by atoms with van der Waals surface area (Å²) >= 11 is 0. The van der Waals surface area contributed by atoms with Crippen LogP contribution in [0.1, 0.15) is 45.4 Å². The van der Waals surface area contributed by atoms with Crippen LogP contribution in [-0.2, 0) is 13.0 Å². The van der Waals surface area contributed by atoms with Gasteiger partial charge in [-0.15, -0.1) is 0 Å². The van der Waals surface area contributed by atoms with Crippen molar-refractivity contribution in [2.75, 3.05) is 0 Å². The van der Waals surface area contributed by atoms with Gasteiger partial charge in [0.25, 0.3) is 5.91 Å². The van der Waals surface area contributed by atoms with Crippen LogP contribution in [0.2, 0.25) is 0 Å². The van der Waals surface area contributed by atoms with Crippen LogP contribution in [-0.4, -0.2) is 17.1 Å². The summed E-state index contributed by atoms with van der Waals surface area (Å²) in [5.41, 5.74) is 4.80. The van der Waals surface area contributed by atoms with Crippen molar-refractivity contribution in [3.05, 3.63) is 82.2 Å². The largest absolute Gasteiger partial charge is 0.489 e. The molecule has 0 aliphatic carbocycles. The van der Waals surface area contributed by atoms with Crippen LogP contribution in [0.15, 0.2) is 53.1 Å². The minimum Gasteiger partial charge on any atom is -0.489 e. The molecule has 28 heavy (non-hydrogen) atoms. The molecule has 1 atom stereocenters. The number of aromatic nitrogens is 1. The quantitative estimate of drug-likeness (QED) is 0.655. The van der Waals surface area contributed by atoms with Gasteiger partial charge in [0.1, 0.15) is 18.1 Å². The number of ether oxygens (including phenoxy) is 1. The maximum atomic E-state index is 12.6. The first-order chi connectivity index (χ1) is 13.4. The molecule has 0 unspecified atom stereocenters. The third-order valence-electron chi connectivity index (χ3n) is 4.83. The summed E-state index contributed by atoms with van der Waals surface area (Å²) in [6.07, 6.45) is 0.792. The van der Waals surface area contributed by atoms with E-state index in [0.29, 0.717) is 17.9 Å². The number of benzene rings is 2. The first kappa shape index (κ1) is 19.7. The molecule has 3 aromatic rings. The van der Waals surface area contributed by atoms with Gasteiger partial charge >= 0.3 is 0 Å². The van der Waals surface area contributed by atoms with Gasteiger partial charge in [-0.2, -0.15) is 0 Å². The molecule has 0 bridgehead atoms. The molecule has 1 amide bonds. The number of aryl methyl sites for hydroxylation is 3. The summed E-state index contributed by atoms with van der Waals surface area (Å²) in [5, 5.41) is 7.00. The van der Waals surface area contributed by atoms with Crippen molar-refractivity contribution in [3.8, 4) is 5.75 Å². The normalized spacial score (nSPS) is 11.9. The van der Waals surface area contributed by atoms with E-state index < -0.39 is 0 Å². The SMILES string of the molecule is Cc1ccccc1C[C@@H](C)NC(=O)c1cccc(OCc2c(C)noc2C)c1. The number of rotatable bonds is 7. The number of nitrogens with one attached hydrogen (secondary N) is 1. The Morgan fingerprint density at radius 3 is 2.64 bits per heavy atom. The van der Waals surface area contributed by atoms with Gasteiger partial charge in [0, 0.05) is 11.6 Å². The molecule has 0 fully saturated rings. The highest BCUT2D eigenvalue weighted by molar-refractivity contribution is 5.94. The Labute approximate surface area is 165 Å². The van der Waals surface area contributed by atoms with E-state index in [2.05, 4.69) is 29.5 Å². The van der Waals surface area contributed by atoms with Crippen molar-refractivity contribution in [2.24, 2.45) is 0 Å². The Bertz CT molecular complexity index is 942. The zero-order chi connectivity index (χ0) is 20.1. The van der Waals surface area contributed by atoms with Crippen molar-refractivity contribution < 1.29 is 14.1 Å². The van der Waals surface area contributed by atoms with Crippen LogP contribution >= 0.6 is 0 Å². The fourth-order valence-electron chi connectivity index (χ4n) is 3.12. The summed E-state index contributed by atoms with van der Waals surface area (Å²) < 4.78 is 11.0. The lowest BCUT2D eigenvalue weighted by Gasteiger charge is -2.16. The second kappa shape index (κ2) is 8.74. The molecule has 0 saturated heterocycles. The topological polar surface area (TPSA) is 64.4 Å². The zero-order valence-electron chi connectivity index (χ0n) is 16.8. The minimum atomic E-state index is -0.108. The molecule has 0 aliphatic heterocycles. The van der Waals surface area contributed by atoms with Crippen LogP contribution in [0.3, 0.4) is 0 Å². The number of carbonyl (C=O) groups excluding carboxylic acids is 1. The molecular weight excluding hydrogens is 352 g/mol. The number of nitrogens with zero attached hydrogens (tertiary/aromatic N) is 1. The fourth-order valence-corrected chi connectivity index (χ4v) is 3.12. The number of hydrogen-bond acceptors (Lipinski definition) is 4. The van der Waals surface area contributed by atoms with E-state index in [0.717, 1.165) is 23.4 Å². The van der Waals surface area contributed by atoms with Crippen molar-refractivity contribution in [3.63, 3.8) is 0 Å². The van der Waals surface area contributed by atoms with Gasteiger partial charge in [-0.1, -0.05) is 35.5 Å². The lowest BCUT2D eigenvalue weighted by Crippen LogP contribution is -2.34. The first-order valence-corrected chi connectivity index (χ1v) is 9.44. The third kappa shape index (κ3) is 4.80. The van der Waals surface area contributed by atoms with E-state index in [1.807, 2.05) is 45.0 Å². The highest BCUT2D eigenvalue weighted by Gasteiger charge is 2.13. The predicted molar refractivity (Wildman–Crippen MR) is 109 cm³/mol. The molecule has 5 nitrogen and oxygen atoms in total. The number of carbonyl (C=O) groups is 1. The Morgan fingerprint density at radius 1 is 1.14 bits per heavy atom. The van der Waals surface area contributed by atoms with Crippen LogP contribution < -0.4 is 10.1 Å². The van der Waals surface area contributed by atoms with Crippen LogP contribution in [0, 0.1) is 20.8 Å². The standard InChI is InChI=1S/C23H26N2O3/c1-15-8-5-6-9-19(15)12-16(2)24-23(26)20-10-7-11-21(13-20)27-14-22-17(3)25-28-18(22)4/h5-11,13,16H,12,14H2,1-4H3,(H,24,26)/t16-/m1/s1. The van der Waals surface area contributed by atoms with Gasteiger partial charge in [-0.25, -0.2) is 0 Å². The van der Waals surface area contributed by atoms with E-state index in [1.54, 1.807) is 12.1 Å². The number of amides is 1. The molecular formula is C23H26N2O3. The highest BCUT2D eigenvalue weighted by atomic mass is 16.5. The average Bonchev–Trinajstić information content (AvgIpc) is 3.00. The lowest BCUT2D eigenvalue weighted by atomic mass is 10.0. The highest BCUT2D eigenvalue weighted by Crippen LogP contribution is 2.19. The monoisotopic (exact) mass is 378 g/mol. The lowest BCUT2D eigenvalue weighted by molar-refractivity contribution is 0.0939. The van der Waals surface area contributed by atoms with Crippen LogP contribution in [0.5, 0.6) is 5.75 Å². The second-order valence-corrected chi connectivity index (χ2v) is 7.12. The fraction of sp³-hybridized carbons (Fsp3) is 0.304. The molecule has 2 aromatic carbocycles. The molecule has 3 rings (SSSR count). The summed E-state index contributed by atoms with van der Waals surface area (Å²) in [6, 6.07) is 15.5. The van der Waals surface area contributed by atoms with Gasteiger partial charge in [-0.3, -0.25) is 4.79 Å². The van der Waals surface area contributed by atoms with Gasteiger partial charge in [0.15, 0.2) is 0 Å². The molecule has 0 saturated carbocycles. The zero-order valence-corrected chi connectivity index (χ0v) is 16.8. The molecule has 146 valence electrons. The van der Waals surface area contributed by atoms with Gasteiger partial charge in [0.2, 0.25) is 0 Å².